The average Bonchev–Trinajstić information content (AvgIpc) is 2.81. The Morgan fingerprint density at radius 1 is 0.909 bits per heavy atom. The molecule has 0 saturated heterocycles. The Bertz CT molecular complexity index is 1010. The summed E-state index contributed by atoms with van der Waals surface area (Å²) in [6, 6.07) is 26.6. The van der Waals surface area contributed by atoms with Crippen LogP contribution in [0.5, 0.6) is 5.75 Å². The maximum atomic E-state index is 11.9. The summed E-state index contributed by atoms with van der Waals surface area (Å²) in [7, 11) is 2.04. The second-order valence-electron chi connectivity index (χ2n) is 9.20. The van der Waals surface area contributed by atoms with E-state index in [0.717, 1.165) is 28.3 Å². The van der Waals surface area contributed by atoms with Crippen LogP contribution in [0.2, 0.25) is 0 Å². The van der Waals surface area contributed by atoms with Gasteiger partial charge in [-0.3, -0.25) is 0 Å². The Balaban J connectivity index is 1.53. The van der Waals surface area contributed by atoms with Crippen molar-refractivity contribution in [3.63, 3.8) is 0 Å². The number of carbonyl (C=O) groups is 1. The van der Waals surface area contributed by atoms with Crippen molar-refractivity contribution in [3.8, 4) is 5.75 Å². The highest BCUT2D eigenvalue weighted by molar-refractivity contribution is 5.68. The predicted octanol–water partition coefficient (Wildman–Crippen LogP) is 6.66. The van der Waals surface area contributed by atoms with Crippen LogP contribution in [0.4, 0.5) is 16.2 Å². The van der Waals surface area contributed by atoms with E-state index in [-0.39, 0.29) is 12.0 Å². The monoisotopic (exact) mass is 446 g/mol. The number of carbonyl (C=O) groups excluding carboxylic acids is 1. The number of ether oxygens (including phenoxy) is 2. The number of hydrogen-bond acceptors (Lipinski definition) is 4. The van der Waals surface area contributed by atoms with Gasteiger partial charge in [0.15, 0.2) is 0 Å². The molecule has 1 atom stereocenters. The summed E-state index contributed by atoms with van der Waals surface area (Å²) in [5.41, 5.74) is 3.98. The smallest absolute Gasteiger partial charge is 0.407 e. The molecule has 0 fully saturated rings. The van der Waals surface area contributed by atoms with Gasteiger partial charge >= 0.3 is 6.09 Å². The normalized spacial score (nSPS) is 12.0. The molecule has 0 aromatic heterocycles. The lowest BCUT2D eigenvalue weighted by atomic mass is 10.0. The number of hydrogen-bond donors (Lipinski definition) is 1. The molecule has 0 bridgehead atoms. The van der Waals surface area contributed by atoms with Crippen molar-refractivity contribution in [2.24, 2.45) is 0 Å². The number of rotatable bonds is 8. The lowest BCUT2D eigenvalue weighted by molar-refractivity contribution is 0.0525. The van der Waals surface area contributed by atoms with E-state index in [1.807, 2.05) is 58.2 Å². The number of nitrogens with zero attached hydrogens (tertiary/aromatic N) is 1. The molecule has 3 aromatic rings. The van der Waals surface area contributed by atoms with Crippen LogP contribution in [0.25, 0.3) is 0 Å². The molecule has 0 aliphatic carbocycles. The molecule has 0 heterocycles. The molecular weight excluding hydrogens is 412 g/mol. The van der Waals surface area contributed by atoms with Crippen molar-refractivity contribution >= 4 is 17.5 Å². The number of anilines is 2. The van der Waals surface area contributed by atoms with Gasteiger partial charge in [-0.15, -0.1) is 0 Å². The summed E-state index contributed by atoms with van der Waals surface area (Å²) >= 11 is 0. The first kappa shape index (κ1) is 24.2. The van der Waals surface area contributed by atoms with E-state index < -0.39 is 5.60 Å². The predicted molar refractivity (Wildman–Crippen MR) is 134 cm³/mol. The Hall–Kier alpha value is -3.47. The standard InChI is InChI=1S/C28H34N2O3/c1-21(19-29-27(31)33-28(2,3)4)23-11-13-24(14-12-23)30(5)25-15-17-26(18-16-25)32-20-22-9-7-6-8-10-22/h6-18,21H,19-20H2,1-5H3,(H,29,31). The zero-order chi connectivity index (χ0) is 23.8. The van der Waals surface area contributed by atoms with Gasteiger partial charge in [0.2, 0.25) is 0 Å². The first-order chi connectivity index (χ1) is 15.7. The van der Waals surface area contributed by atoms with E-state index in [0.29, 0.717) is 13.2 Å². The summed E-state index contributed by atoms with van der Waals surface area (Å²) < 4.78 is 11.2. The lowest BCUT2D eigenvalue weighted by Gasteiger charge is -2.22. The SMILES string of the molecule is CC(CNC(=O)OC(C)(C)C)c1ccc(N(C)c2ccc(OCc3ccccc3)cc2)cc1. The van der Waals surface area contributed by atoms with Gasteiger partial charge in [-0.2, -0.15) is 0 Å². The van der Waals surface area contributed by atoms with Crippen LogP contribution in [0, 0.1) is 0 Å². The topological polar surface area (TPSA) is 50.8 Å². The third-order valence-electron chi connectivity index (χ3n) is 5.27. The molecule has 5 heteroatoms. The second kappa shape index (κ2) is 10.9. The van der Waals surface area contributed by atoms with E-state index >= 15 is 0 Å². The zero-order valence-electron chi connectivity index (χ0n) is 20.2. The Kier molecular flexibility index (Phi) is 7.99. The fraction of sp³-hybridized carbons (Fsp3) is 0.321. The summed E-state index contributed by atoms with van der Waals surface area (Å²) in [4.78, 5) is 14.0. The minimum atomic E-state index is -0.494. The van der Waals surface area contributed by atoms with Crippen LogP contribution >= 0.6 is 0 Å². The fourth-order valence-electron chi connectivity index (χ4n) is 3.35. The maximum Gasteiger partial charge on any atom is 0.407 e. The third-order valence-corrected chi connectivity index (χ3v) is 5.27. The van der Waals surface area contributed by atoms with Crippen LogP contribution in [-0.2, 0) is 11.3 Å². The molecule has 1 unspecified atom stereocenters. The van der Waals surface area contributed by atoms with Crippen LogP contribution in [0.1, 0.15) is 44.7 Å². The summed E-state index contributed by atoms with van der Waals surface area (Å²) in [6.45, 7) is 8.74. The van der Waals surface area contributed by atoms with Gasteiger partial charge in [-0.25, -0.2) is 4.79 Å². The molecule has 0 saturated carbocycles. The molecule has 5 nitrogen and oxygen atoms in total. The van der Waals surface area contributed by atoms with E-state index in [1.54, 1.807) is 0 Å². The molecule has 33 heavy (non-hydrogen) atoms. The van der Waals surface area contributed by atoms with Crippen molar-refractivity contribution in [2.75, 3.05) is 18.5 Å². The van der Waals surface area contributed by atoms with Crippen LogP contribution < -0.4 is 15.0 Å². The molecule has 3 aromatic carbocycles. The van der Waals surface area contributed by atoms with Crippen molar-refractivity contribution in [1.82, 2.24) is 5.32 Å². The third kappa shape index (κ3) is 7.56. The Morgan fingerprint density at radius 2 is 1.48 bits per heavy atom. The van der Waals surface area contributed by atoms with Crippen LogP contribution in [0.15, 0.2) is 78.9 Å². The highest BCUT2D eigenvalue weighted by Crippen LogP contribution is 2.27. The molecule has 1 N–H and O–H groups in total. The first-order valence-corrected chi connectivity index (χ1v) is 11.3. The largest absolute Gasteiger partial charge is 0.489 e. The first-order valence-electron chi connectivity index (χ1n) is 11.3. The van der Waals surface area contributed by atoms with Crippen molar-refractivity contribution < 1.29 is 14.3 Å². The second-order valence-corrected chi connectivity index (χ2v) is 9.20. The molecular formula is C28H34N2O3. The Morgan fingerprint density at radius 3 is 2.06 bits per heavy atom. The van der Waals surface area contributed by atoms with Crippen LogP contribution in [-0.4, -0.2) is 25.3 Å². The van der Waals surface area contributed by atoms with E-state index in [4.69, 9.17) is 9.47 Å². The molecule has 0 radical (unpaired) electrons. The maximum absolute atomic E-state index is 11.9. The Labute approximate surface area is 197 Å². The zero-order valence-corrected chi connectivity index (χ0v) is 20.2. The minimum absolute atomic E-state index is 0.179. The van der Waals surface area contributed by atoms with Crippen LogP contribution in [0.3, 0.4) is 0 Å². The summed E-state index contributed by atoms with van der Waals surface area (Å²) in [5.74, 6) is 1.02. The van der Waals surface area contributed by atoms with Gasteiger partial charge in [0.05, 0.1) is 0 Å². The minimum Gasteiger partial charge on any atom is -0.489 e. The molecule has 1 amide bonds. The highest BCUT2D eigenvalue weighted by Gasteiger charge is 2.17. The molecule has 0 spiro atoms. The number of amides is 1. The molecule has 3 rings (SSSR count). The number of alkyl carbamates (subject to hydrolysis) is 1. The number of nitrogens with one attached hydrogen (secondary N) is 1. The summed E-state index contributed by atoms with van der Waals surface area (Å²) in [6.07, 6.45) is -0.387. The van der Waals surface area contributed by atoms with Crippen molar-refractivity contribution in [3.05, 3.63) is 90.0 Å². The van der Waals surface area contributed by atoms with Crippen molar-refractivity contribution in [1.29, 1.82) is 0 Å². The van der Waals surface area contributed by atoms with Gasteiger partial charge in [0.1, 0.15) is 18.0 Å². The number of benzene rings is 3. The van der Waals surface area contributed by atoms with Gasteiger partial charge in [0, 0.05) is 25.0 Å². The molecule has 0 aliphatic heterocycles. The van der Waals surface area contributed by atoms with E-state index in [9.17, 15) is 4.79 Å². The molecule has 0 aliphatic rings. The average molecular weight is 447 g/mol. The van der Waals surface area contributed by atoms with E-state index in [1.165, 1.54) is 0 Å². The summed E-state index contributed by atoms with van der Waals surface area (Å²) in [5, 5.41) is 2.84. The van der Waals surface area contributed by atoms with Gasteiger partial charge < -0.3 is 19.7 Å². The van der Waals surface area contributed by atoms with Gasteiger partial charge in [-0.05, 0) is 74.2 Å². The lowest BCUT2D eigenvalue weighted by Crippen LogP contribution is -2.34. The quantitative estimate of drug-likeness (QED) is 0.420. The van der Waals surface area contributed by atoms with Crippen molar-refractivity contribution in [2.45, 2.75) is 45.8 Å². The van der Waals surface area contributed by atoms with Gasteiger partial charge in [0.25, 0.3) is 0 Å². The van der Waals surface area contributed by atoms with Gasteiger partial charge in [-0.1, -0.05) is 49.4 Å². The highest BCUT2D eigenvalue weighted by atomic mass is 16.6. The molecule has 174 valence electrons. The fourth-order valence-corrected chi connectivity index (χ4v) is 3.35. The van der Waals surface area contributed by atoms with E-state index in [2.05, 4.69) is 65.7 Å².